The molecule has 0 aromatic carbocycles. The van der Waals surface area contributed by atoms with Crippen LogP contribution in [0.5, 0.6) is 0 Å². The van der Waals surface area contributed by atoms with Gasteiger partial charge in [0.1, 0.15) is 30.5 Å². The zero-order valence-electron chi connectivity index (χ0n) is 11.9. The molecule has 0 aromatic heterocycles. The van der Waals surface area contributed by atoms with Crippen LogP contribution in [0.25, 0.3) is 0 Å². The zero-order chi connectivity index (χ0) is 15.6. The quantitative estimate of drug-likeness (QED) is 0.458. The predicted octanol–water partition coefficient (Wildman–Crippen LogP) is -0.867. The number of aliphatic hydroxyl groups excluding tert-OH is 3. The first-order valence-corrected chi connectivity index (χ1v) is 7.02. The van der Waals surface area contributed by atoms with Crippen molar-refractivity contribution < 1.29 is 34.3 Å². The van der Waals surface area contributed by atoms with E-state index < -0.39 is 36.6 Å². The number of hydrogen-bond donors (Lipinski definition) is 3. The fourth-order valence-electron chi connectivity index (χ4n) is 2.85. The molecule has 0 radical (unpaired) electrons. The Labute approximate surface area is 123 Å². The third-order valence-electron chi connectivity index (χ3n) is 4.04. The van der Waals surface area contributed by atoms with Crippen LogP contribution in [0, 0.1) is 0 Å². The minimum atomic E-state index is -1.28. The number of rotatable bonds is 4. The molecule has 0 aliphatic carbocycles. The highest BCUT2D eigenvalue weighted by molar-refractivity contribution is 5.69. The molecule has 7 heteroatoms. The normalized spacial score (nSPS) is 41.0. The van der Waals surface area contributed by atoms with Crippen LogP contribution in [-0.2, 0) is 19.0 Å². The molecule has 0 unspecified atom stereocenters. The molecule has 7 atom stereocenters. The first kappa shape index (κ1) is 16.4. The van der Waals surface area contributed by atoms with E-state index in [-0.39, 0.29) is 18.5 Å². The van der Waals surface area contributed by atoms with Crippen molar-refractivity contribution >= 4 is 5.97 Å². The Hall–Kier alpha value is -0.990. The molecule has 0 saturated carbocycles. The Morgan fingerprint density at radius 3 is 2.71 bits per heavy atom. The summed E-state index contributed by atoms with van der Waals surface area (Å²) < 4.78 is 15.9. The smallest absolute Gasteiger partial charge is 0.308 e. The Kier molecular flexibility index (Phi) is 5.34. The lowest BCUT2D eigenvalue weighted by atomic mass is 9.87. The van der Waals surface area contributed by atoms with Gasteiger partial charge in [-0.15, -0.1) is 6.58 Å². The van der Waals surface area contributed by atoms with Crippen LogP contribution in [0.2, 0.25) is 0 Å². The molecular formula is C14H22O7. The van der Waals surface area contributed by atoms with Crippen molar-refractivity contribution in [3.63, 3.8) is 0 Å². The van der Waals surface area contributed by atoms with Gasteiger partial charge in [-0.25, -0.2) is 0 Å². The highest BCUT2D eigenvalue weighted by Crippen LogP contribution is 2.34. The highest BCUT2D eigenvalue weighted by atomic mass is 16.6. The molecule has 0 amide bonds. The van der Waals surface area contributed by atoms with E-state index >= 15 is 0 Å². The van der Waals surface area contributed by atoms with Crippen LogP contribution in [0.15, 0.2) is 12.7 Å². The number of methoxy groups -OCH3 is 1. The van der Waals surface area contributed by atoms with Crippen LogP contribution in [0.3, 0.4) is 0 Å². The predicted molar refractivity (Wildman–Crippen MR) is 71.4 cm³/mol. The first-order valence-electron chi connectivity index (χ1n) is 7.02. The lowest BCUT2D eigenvalue weighted by Gasteiger charge is -2.47. The van der Waals surface area contributed by atoms with Crippen molar-refractivity contribution in [2.24, 2.45) is 0 Å². The zero-order valence-corrected chi connectivity index (χ0v) is 11.9. The third kappa shape index (κ3) is 3.44. The summed E-state index contributed by atoms with van der Waals surface area (Å²) in [6.07, 6.45) is -3.50. The Morgan fingerprint density at radius 2 is 2.10 bits per heavy atom. The molecule has 2 fully saturated rings. The SMILES string of the molecule is C=C[C@H](O)[C@@H]1O[C@H]2CC[C@H](CC(=O)OC)O[C@@H]2[C@H](O)[C@@H]1O. The second kappa shape index (κ2) is 6.85. The summed E-state index contributed by atoms with van der Waals surface area (Å²) in [4.78, 5) is 11.3. The van der Waals surface area contributed by atoms with Gasteiger partial charge >= 0.3 is 5.97 Å². The first-order chi connectivity index (χ1) is 9.97. The maximum atomic E-state index is 11.3. The van der Waals surface area contributed by atoms with E-state index in [1.54, 1.807) is 0 Å². The van der Waals surface area contributed by atoms with E-state index in [9.17, 15) is 20.1 Å². The Morgan fingerprint density at radius 1 is 1.38 bits per heavy atom. The van der Waals surface area contributed by atoms with Crippen molar-refractivity contribution in [2.75, 3.05) is 7.11 Å². The van der Waals surface area contributed by atoms with Gasteiger partial charge in [0.25, 0.3) is 0 Å². The third-order valence-corrected chi connectivity index (χ3v) is 4.04. The van der Waals surface area contributed by atoms with Gasteiger partial charge in [0.2, 0.25) is 0 Å². The second-order valence-electron chi connectivity index (χ2n) is 5.43. The second-order valence-corrected chi connectivity index (χ2v) is 5.43. The van der Waals surface area contributed by atoms with Gasteiger partial charge in [0.05, 0.1) is 25.7 Å². The summed E-state index contributed by atoms with van der Waals surface area (Å²) >= 11 is 0. The fourth-order valence-corrected chi connectivity index (χ4v) is 2.85. The number of ether oxygens (including phenoxy) is 3. The number of carbonyl (C=O) groups is 1. The van der Waals surface area contributed by atoms with E-state index in [2.05, 4.69) is 11.3 Å². The van der Waals surface area contributed by atoms with Crippen LogP contribution in [0.4, 0.5) is 0 Å². The molecule has 21 heavy (non-hydrogen) atoms. The lowest BCUT2D eigenvalue weighted by molar-refractivity contribution is -0.274. The highest BCUT2D eigenvalue weighted by Gasteiger charge is 2.49. The maximum Gasteiger partial charge on any atom is 0.308 e. The topological polar surface area (TPSA) is 105 Å². The van der Waals surface area contributed by atoms with E-state index in [0.717, 1.165) is 0 Å². The van der Waals surface area contributed by atoms with Crippen molar-refractivity contribution in [3.8, 4) is 0 Å². The monoisotopic (exact) mass is 302 g/mol. The molecule has 0 bridgehead atoms. The Bertz CT molecular complexity index is 384. The molecule has 2 aliphatic rings. The molecule has 7 nitrogen and oxygen atoms in total. The summed E-state index contributed by atoms with van der Waals surface area (Å²) in [7, 11) is 1.30. The molecule has 3 N–H and O–H groups in total. The van der Waals surface area contributed by atoms with Crippen molar-refractivity contribution in [1.29, 1.82) is 0 Å². The van der Waals surface area contributed by atoms with Crippen LogP contribution < -0.4 is 0 Å². The molecule has 2 aliphatic heterocycles. The maximum absolute atomic E-state index is 11.3. The lowest BCUT2D eigenvalue weighted by Crippen LogP contribution is -2.63. The number of aliphatic hydroxyl groups is 3. The van der Waals surface area contributed by atoms with Gasteiger partial charge in [0.15, 0.2) is 0 Å². The van der Waals surface area contributed by atoms with Gasteiger partial charge in [-0.1, -0.05) is 6.08 Å². The van der Waals surface area contributed by atoms with Gasteiger partial charge in [0, 0.05) is 0 Å². The molecular weight excluding hydrogens is 280 g/mol. The van der Waals surface area contributed by atoms with E-state index in [1.807, 2.05) is 0 Å². The van der Waals surface area contributed by atoms with Crippen molar-refractivity contribution in [2.45, 2.75) is 62.0 Å². The van der Waals surface area contributed by atoms with Crippen LogP contribution in [0.1, 0.15) is 19.3 Å². The van der Waals surface area contributed by atoms with Crippen molar-refractivity contribution in [3.05, 3.63) is 12.7 Å². The summed E-state index contributed by atoms with van der Waals surface area (Å²) in [5.41, 5.74) is 0. The molecule has 2 rings (SSSR count). The summed E-state index contributed by atoms with van der Waals surface area (Å²) in [5.74, 6) is -0.384. The van der Waals surface area contributed by atoms with Gasteiger partial charge in [-0.2, -0.15) is 0 Å². The van der Waals surface area contributed by atoms with Crippen LogP contribution >= 0.6 is 0 Å². The van der Waals surface area contributed by atoms with E-state index in [4.69, 9.17) is 9.47 Å². The van der Waals surface area contributed by atoms with Crippen molar-refractivity contribution in [1.82, 2.24) is 0 Å². The molecule has 2 saturated heterocycles. The Balaban J connectivity index is 2.02. The minimum absolute atomic E-state index is 0.0985. The van der Waals surface area contributed by atoms with Gasteiger partial charge in [-0.05, 0) is 12.8 Å². The summed E-state index contributed by atoms with van der Waals surface area (Å²) in [6.45, 7) is 3.45. The summed E-state index contributed by atoms with van der Waals surface area (Å²) in [5, 5.41) is 30.0. The average molecular weight is 302 g/mol. The van der Waals surface area contributed by atoms with Gasteiger partial charge in [-0.3, -0.25) is 4.79 Å². The average Bonchev–Trinajstić information content (AvgIpc) is 2.50. The number of fused-ring (bicyclic) bond motifs is 1. The van der Waals surface area contributed by atoms with E-state index in [0.29, 0.717) is 12.8 Å². The van der Waals surface area contributed by atoms with Gasteiger partial charge < -0.3 is 29.5 Å². The molecule has 0 spiro atoms. The largest absolute Gasteiger partial charge is 0.469 e. The number of esters is 1. The molecule has 0 aromatic rings. The molecule has 2 heterocycles. The van der Waals surface area contributed by atoms with E-state index in [1.165, 1.54) is 13.2 Å². The number of hydrogen-bond acceptors (Lipinski definition) is 7. The molecule has 120 valence electrons. The summed E-state index contributed by atoms with van der Waals surface area (Å²) in [6, 6.07) is 0. The minimum Gasteiger partial charge on any atom is -0.469 e. The standard InChI is InChI=1S/C14H22O7/c1-3-8(15)13-11(17)12(18)14-9(21-13)5-4-7(20-14)6-10(16)19-2/h3,7-9,11-15,17-18H,1,4-6H2,2H3/t7-,8+,9+,11+,12-,13+,14+/m1/s1. The van der Waals surface area contributed by atoms with Crippen LogP contribution in [-0.4, -0.2) is 71.1 Å². The number of carbonyl (C=O) groups excluding carboxylic acids is 1. The fraction of sp³-hybridized carbons (Fsp3) is 0.786.